The van der Waals surface area contributed by atoms with Gasteiger partial charge in [0, 0.05) is 6.54 Å². The number of hydrogen-bond donors (Lipinski definition) is 2. The lowest BCUT2D eigenvalue weighted by Crippen LogP contribution is -2.42. The predicted molar refractivity (Wildman–Crippen MR) is 90.1 cm³/mol. The standard InChI is InChI=1S/C15H22N2O4S.ClH/c1-15(5-7-16-8-6-15)11-17-22(18,19)13-4-2-3-12-14(13)21-10-9-20-12;/h2-4,16-17H,5-11H2,1H3;1H. The number of nitrogens with one attached hydrogen (secondary N) is 2. The molecule has 0 unspecified atom stereocenters. The molecule has 0 bridgehead atoms. The van der Waals surface area contributed by atoms with Crippen LogP contribution in [0.2, 0.25) is 0 Å². The molecule has 1 aromatic carbocycles. The molecule has 2 aliphatic heterocycles. The zero-order chi connectivity index (χ0) is 15.6. The minimum absolute atomic E-state index is 0. The van der Waals surface area contributed by atoms with Crippen molar-refractivity contribution < 1.29 is 17.9 Å². The van der Waals surface area contributed by atoms with E-state index in [0.717, 1.165) is 25.9 Å². The molecule has 1 saturated heterocycles. The number of benzene rings is 1. The molecule has 23 heavy (non-hydrogen) atoms. The number of piperidine rings is 1. The molecule has 130 valence electrons. The fraction of sp³-hybridized carbons (Fsp3) is 0.600. The summed E-state index contributed by atoms with van der Waals surface area (Å²) in [4.78, 5) is 0.155. The Kier molecular flexibility index (Phi) is 5.78. The molecule has 0 atom stereocenters. The van der Waals surface area contributed by atoms with E-state index in [-0.39, 0.29) is 22.7 Å². The van der Waals surface area contributed by atoms with Crippen LogP contribution in [0.25, 0.3) is 0 Å². The van der Waals surface area contributed by atoms with Crippen molar-refractivity contribution >= 4 is 22.4 Å². The molecule has 1 fully saturated rings. The van der Waals surface area contributed by atoms with Crippen LogP contribution in [-0.4, -0.2) is 41.3 Å². The van der Waals surface area contributed by atoms with Crippen molar-refractivity contribution in [2.45, 2.75) is 24.7 Å². The second-order valence-electron chi connectivity index (χ2n) is 6.17. The van der Waals surface area contributed by atoms with E-state index in [1.54, 1.807) is 18.2 Å². The van der Waals surface area contributed by atoms with Gasteiger partial charge in [-0.15, -0.1) is 12.4 Å². The first-order valence-corrected chi connectivity index (χ1v) is 9.08. The monoisotopic (exact) mass is 362 g/mol. The van der Waals surface area contributed by atoms with Crippen LogP contribution in [0.1, 0.15) is 19.8 Å². The largest absolute Gasteiger partial charge is 0.486 e. The Balaban J connectivity index is 0.00000192. The number of sulfonamides is 1. The highest BCUT2D eigenvalue weighted by Crippen LogP contribution is 2.36. The van der Waals surface area contributed by atoms with Gasteiger partial charge in [-0.25, -0.2) is 13.1 Å². The fourth-order valence-corrected chi connectivity index (χ4v) is 4.17. The van der Waals surface area contributed by atoms with Crippen LogP contribution in [0.5, 0.6) is 11.5 Å². The smallest absolute Gasteiger partial charge is 0.244 e. The van der Waals surface area contributed by atoms with Crippen molar-refractivity contribution in [3.63, 3.8) is 0 Å². The van der Waals surface area contributed by atoms with E-state index < -0.39 is 10.0 Å². The Morgan fingerprint density at radius 1 is 1.22 bits per heavy atom. The molecule has 0 aliphatic carbocycles. The summed E-state index contributed by atoms with van der Waals surface area (Å²) in [6, 6.07) is 4.95. The third-order valence-corrected chi connectivity index (χ3v) is 5.74. The van der Waals surface area contributed by atoms with E-state index in [0.29, 0.717) is 31.3 Å². The zero-order valence-corrected chi connectivity index (χ0v) is 14.8. The van der Waals surface area contributed by atoms with Gasteiger partial charge >= 0.3 is 0 Å². The molecule has 6 nitrogen and oxygen atoms in total. The van der Waals surface area contributed by atoms with Crippen LogP contribution in [0, 0.1) is 5.41 Å². The second-order valence-corrected chi connectivity index (χ2v) is 7.90. The van der Waals surface area contributed by atoms with Gasteiger partial charge in [0.15, 0.2) is 11.5 Å². The molecule has 0 saturated carbocycles. The highest BCUT2D eigenvalue weighted by molar-refractivity contribution is 7.89. The molecule has 0 aromatic heterocycles. The van der Waals surface area contributed by atoms with E-state index in [9.17, 15) is 8.42 Å². The van der Waals surface area contributed by atoms with E-state index in [2.05, 4.69) is 17.0 Å². The maximum atomic E-state index is 12.6. The fourth-order valence-electron chi connectivity index (χ4n) is 2.81. The molecular weight excluding hydrogens is 340 g/mol. The molecule has 0 radical (unpaired) electrons. The van der Waals surface area contributed by atoms with Crippen molar-refractivity contribution in [1.82, 2.24) is 10.0 Å². The van der Waals surface area contributed by atoms with Gasteiger partial charge in [-0.3, -0.25) is 0 Å². The Labute approximate surface area is 143 Å². The van der Waals surface area contributed by atoms with E-state index >= 15 is 0 Å². The van der Waals surface area contributed by atoms with E-state index in [1.807, 2.05) is 0 Å². The quantitative estimate of drug-likeness (QED) is 0.849. The molecule has 1 aromatic rings. The van der Waals surface area contributed by atoms with Gasteiger partial charge in [-0.1, -0.05) is 13.0 Å². The van der Waals surface area contributed by atoms with Crippen LogP contribution in [0.3, 0.4) is 0 Å². The lowest BCUT2D eigenvalue weighted by Gasteiger charge is -2.34. The van der Waals surface area contributed by atoms with Gasteiger partial charge in [0.25, 0.3) is 0 Å². The maximum Gasteiger partial charge on any atom is 0.244 e. The highest BCUT2D eigenvalue weighted by atomic mass is 35.5. The first kappa shape index (κ1) is 18.3. The van der Waals surface area contributed by atoms with Gasteiger partial charge < -0.3 is 14.8 Å². The highest BCUT2D eigenvalue weighted by Gasteiger charge is 2.30. The Morgan fingerprint density at radius 2 is 1.91 bits per heavy atom. The van der Waals surface area contributed by atoms with Crippen molar-refractivity contribution in [1.29, 1.82) is 0 Å². The molecule has 2 heterocycles. The molecule has 3 rings (SSSR count). The van der Waals surface area contributed by atoms with Gasteiger partial charge in [0.1, 0.15) is 18.1 Å². The van der Waals surface area contributed by atoms with Crippen molar-refractivity contribution in [3.8, 4) is 11.5 Å². The molecule has 2 N–H and O–H groups in total. The van der Waals surface area contributed by atoms with E-state index in [4.69, 9.17) is 9.47 Å². The molecule has 8 heteroatoms. The normalized spacial score (nSPS) is 19.7. The summed E-state index contributed by atoms with van der Waals surface area (Å²) < 4.78 is 38.9. The second kappa shape index (κ2) is 7.25. The summed E-state index contributed by atoms with van der Waals surface area (Å²) in [7, 11) is -3.61. The molecule has 2 aliphatic rings. The Morgan fingerprint density at radius 3 is 2.65 bits per heavy atom. The molecule has 0 spiro atoms. The summed E-state index contributed by atoms with van der Waals surface area (Å²) in [5, 5.41) is 3.30. The third kappa shape index (κ3) is 4.09. The zero-order valence-electron chi connectivity index (χ0n) is 13.1. The Hall–Kier alpha value is -1.02. The van der Waals surface area contributed by atoms with Crippen LogP contribution in [0.4, 0.5) is 0 Å². The number of halogens is 1. The lowest BCUT2D eigenvalue weighted by molar-refractivity contribution is 0.167. The summed E-state index contributed by atoms with van der Waals surface area (Å²) in [6.07, 6.45) is 1.92. The number of hydrogen-bond acceptors (Lipinski definition) is 5. The average molecular weight is 363 g/mol. The number of para-hydroxylation sites is 1. The number of ether oxygens (including phenoxy) is 2. The minimum Gasteiger partial charge on any atom is -0.486 e. The number of rotatable bonds is 4. The van der Waals surface area contributed by atoms with Crippen LogP contribution >= 0.6 is 12.4 Å². The summed E-state index contributed by atoms with van der Waals surface area (Å²) in [5.74, 6) is 0.805. The van der Waals surface area contributed by atoms with Crippen LogP contribution in [0.15, 0.2) is 23.1 Å². The van der Waals surface area contributed by atoms with Gasteiger partial charge in [-0.05, 0) is 43.5 Å². The lowest BCUT2D eigenvalue weighted by atomic mass is 9.81. The van der Waals surface area contributed by atoms with Gasteiger partial charge in [-0.2, -0.15) is 0 Å². The van der Waals surface area contributed by atoms with Crippen molar-refractivity contribution in [3.05, 3.63) is 18.2 Å². The topological polar surface area (TPSA) is 76.7 Å². The SMILES string of the molecule is CC1(CNS(=O)(=O)c2cccc3c2OCCO3)CCNCC1.Cl. The summed E-state index contributed by atoms with van der Waals surface area (Å²) >= 11 is 0. The van der Waals surface area contributed by atoms with E-state index in [1.165, 1.54) is 0 Å². The van der Waals surface area contributed by atoms with Crippen LogP contribution < -0.4 is 19.5 Å². The Bertz CT molecular complexity index is 645. The maximum absolute atomic E-state index is 12.6. The minimum atomic E-state index is -3.61. The van der Waals surface area contributed by atoms with Gasteiger partial charge in [0.2, 0.25) is 10.0 Å². The summed E-state index contributed by atoms with van der Waals surface area (Å²) in [6.45, 7) is 5.21. The first-order valence-electron chi connectivity index (χ1n) is 7.59. The molecular formula is C15H23ClN2O4S. The molecule has 0 amide bonds. The summed E-state index contributed by atoms with van der Waals surface area (Å²) in [5.41, 5.74) is -0.00941. The van der Waals surface area contributed by atoms with Crippen LogP contribution in [-0.2, 0) is 10.0 Å². The average Bonchev–Trinajstić information content (AvgIpc) is 2.53. The van der Waals surface area contributed by atoms with Crippen molar-refractivity contribution in [2.75, 3.05) is 32.8 Å². The van der Waals surface area contributed by atoms with Gasteiger partial charge in [0.05, 0.1) is 0 Å². The third-order valence-electron chi connectivity index (χ3n) is 4.32. The predicted octanol–water partition coefficient (Wildman–Crippen LogP) is 1.55. The van der Waals surface area contributed by atoms with Crippen molar-refractivity contribution in [2.24, 2.45) is 5.41 Å². The first-order chi connectivity index (χ1) is 10.5. The number of fused-ring (bicyclic) bond motifs is 1.